The first kappa shape index (κ1) is 14.9. The van der Waals surface area contributed by atoms with E-state index in [1.165, 1.54) is 7.05 Å². The van der Waals surface area contributed by atoms with Crippen LogP contribution in [0.25, 0.3) is 0 Å². The zero-order valence-electron chi connectivity index (χ0n) is 10.5. The van der Waals surface area contributed by atoms with Crippen molar-refractivity contribution in [3.63, 3.8) is 0 Å². The van der Waals surface area contributed by atoms with Crippen molar-refractivity contribution in [3.8, 4) is 0 Å². The molecule has 0 aliphatic rings. The molecule has 1 rings (SSSR count). The Morgan fingerprint density at radius 2 is 1.84 bits per heavy atom. The molecule has 0 aromatic heterocycles. The maximum absolute atomic E-state index is 12.9. The van der Waals surface area contributed by atoms with Crippen LogP contribution in [0.15, 0.2) is 18.2 Å². The first-order valence-electron chi connectivity index (χ1n) is 5.57. The van der Waals surface area contributed by atoms with Gasteiger partial charge in [-0.25, -0.2) is 18.4 Å². The fraction of sp³-hybridized carbons (Fsp3) is 0.333. The minimum absolute atomic E-state index is 0.0745. The van der Waals surface area contributed by atoms with Crippen molar-refractivity contribution in [2.45, 2.75) is 19.4 Å². The van der Waals surface area contributed by atoms with Crippen molar-refractivity contribution >= 4 is 17.7 Å². The fourth-order valence-electron chi connectivity index (χ4n) is 1.59. The lowest BCUT2D eigenvalue weighted by Crippen LogP contribution is -2.44. The molecule has 0 spiro atoms. The van der Waals surface area contributed by atoms with Crippen LogP contribution in [-0.4, -0.2) is 35.1 Å². The number of benzene rings is 1. The highest BCUT2D eigenvalue weighted by atomic mass is 19.1. The second-order valence-electron chi connectivity index (χ2n) is 3.96. The van der Waals surface area contributed by atoms with Crippen LogP contribution in [0.5, 0.6) is 0 Å². The van der Waals surface area contributed by atoms with E-state index in [4.69, 9.17) is 5.11 Å². The molecule has 0 fully saturated rings. The first-order valence-corrected chi connectivity index (χ1v) is 5.57. The van der Waals surface area contributed by atoms with E-state index in [1.54, 1.807) is 6.92 Å². The van der Waals surface area contributed by atoms with Crippen molar-refractivity contribution in [2.75, 3.05) is 12.4 Å². The minimum Gasteiger partial charge on any atom is -0.480 e. The molecule has 0 saturated heterocycles. The highest BCUT2D eigenvalue weighted by molar-refractivity contribution is 5.92. The predicted octanol–water partition coefficient (Wildman–Crippen LogP) is 2.29. The second-order valence-corrected chi connectivity index (χ2v) is 3.96. The van der Waals surface area contributed by atoms with Crippen molar-refractivity contribution < 1.29 is 23.5 Å². The maximum atomic E-state index is 12.9. The Morgan fingerprint density at radius 3 is 2.26 bits per heavy atom. The molecule has 1 aromatic carbocycles. The number of hydrogen-bond donors (Lipinski definition) is 2. The van der Waals surface area contributed by atoms with Gasteiger partial charge < -0.3 is 15.3 Å². The molecular formula is C12H14F2N2O3. The number of nitrogens with one attached hydrogen (secondary N) is 1. The van der Waals surface area contributed by atoms with Gasteiger partial charge in [0.1, 0.15) is 17.7 Å². The highest BCUT2D eigenvalue weighted by Crippen LogP contribution is 2.14. The Morgan fingerprint density at radius 1 is 1.32 bits per heavy atom. The van der Waals surface area contributed by atoms with Crippen LogP contribution >= 0.6 is 0 Å². The van der Waals surface area contributed by atoms with Gasteiger partial charge in [-0.15, -0.1) is 0 Å². The maximum Gasteiger partial charge on any atom is 0.326 e. The van der Waals surface area contributed by atoms with Gasteiger partial charge in [-0.3, -0.25) is 0 Å². The van der Waals surface area contributed by atoms with E-state index in [2.05, 4.69) is 5.32 Å². The van der Waals surface area contributed by atoms with Gasteiger partial charge in [0.2, 0.25) is 0 Å². The monoisotopic (exact) mass is 272 g/mol. The van der Waals surface area contributed by atoms with E-state index >= 15 is 0 Å². The summed E-state index contributed by atoms with van der Waals surface area (Å²) in [7, 11) is 1.30. The molecule has 0 aliphatic heterocycles. The number of aliphatic carboxylic acids is 1. The summed E-state index contributed by atoms with van der Waals surface area (Å²) < 4.78 is 25.9. The number of amides is 2. The number of likely N-dealkylation sites (N-methyl/N-ethyl adjacent to an activating group) is 1. The molecular weight excluding hydrogens is 258 g/mol. The zero-order chi connectivity index (χ0) is 14.6. The number of halogens is 2. The van der Waals surface area contributed by atoms with Gasteiger partial charge in [-0.1, -0.05) is 6.92 Å². The summed E-state index contributed by atoms with van der Waals surface area (Å²) >= 11 is 0. The van der Waals surface area contributed by atoms with E-state index in [1.807, 2.05) is 0 Å². The predicted molar refractivity (Wildman–Crippen MR) is 64.9 cm³/mol. The highest BCUT2D eigenvalue weighted by Gasteiger charge is 2.24. The quantitative estimate of drug-likeness (QED) is 0.883. The summed E-state index contributed by atoms with van der Waals surface area (Å²) in [6, 6.07) is 0.802. The number of carboxylic acid groups (broad SMARTS) is 1. The van der Waals surface area contributed by atoms with E-state index < -0.39 is 29.7 Å². The molecule has 1 aromatic rings. The molecule has 7 heteroatoms. The van der Waals surface area contributed by atoms with Gasteiger partial charge in [-0.05, 0) is 18.6 Å². The molecule has 1 atom stereocenters. The van der Waals surface area contributed by atoms with Gasteiger partial charge in [-0.2, -0.15) is 0 Å². The summed E-state index contributed by atoms with van der Waals surface area (Å²) in [5.74, 6) is -2.81. The van der Waals surface area contributed by atoms with Crippen LogP contribution in [0.4, 0.5) is 19.3 Å². The summed E-state index contributed by atoms with van der Waals surface area (Å²) in [6.45, 7) is 1.62. The Bertz CT molecular complexity index is 474. The van der Waals surface area contributed by atoms with Gasteiger partial charge in [0.15, 0.2) is 0 Å². The van der Waals surface area contributed by atoms with Crippen molar-refractivity contribution in [1.29, 1.82) is 0 Å². The summed E-state index contributed by atoms with van der Waals surface area (Å²) in [4.78, 5) is 23.6. The molecule has 5 nitrogen and oxygen atoms in total. The molecule has 0 bridgehead atoms. The number of rotatable bonds is 4. The third-order valence-electron chi connectivity index (χ3n) is 2.57. The molecule has 104 valence electrons. The number of carbonyl (C=O) groups excluding carboxylic acids is 1. The number of urea groups is 1. The molecule has 0 aliphatic carbocycles. The van der Waals surface area contributed by atoms with Crippen LogP contribution in [-0.2, 0) is 4.79 Å². The normalized spacial score (nSPS) is 11.8. The Kier molecular flexibility index (Phi) is 4.80. The second kappa shape index (κ2) is 6.12. The molecule has 0 heterocycles. The lowest BCUT2D eigenvalue weighted by atomic mass is 10.2. The average Bonchev–Trinajstić information content (AvgIpc) is 2.27. The molecule has 1 unspecified atom stereocenters. The molecule has 2 N–H and O–H groups in total. The topological polar surface area (TPSA) is 69.6 Å². The number of hydrogen-bond acceptors (Lipinski definition) is 2. The van der Waals surface area contributed by atoms with Crippen molar-refractivity contribution in [1.82, 2.24) is 4.90 Å². The summed E-state index contributed by atoms with van der Waals surface area (Å²) in [6.07, 6.45) is 0.219. The van der Waals surface area contributed by atoms with E-state index in [9.17, 15) is 18.4 Å². The van der Waals surface area contributed by atoms with Crippen LogP contribution in [0, 0.1) is 11.6 Å². The van der Waals surface area contributed by atoms with Gasteiger partial charge in [0.05, 0.1) is 0 Å². The van der Waals surface area contributed by atoms with Gasteiger partial charge in [0, 0.05) is 18.8 Å². The molecule has 19 heavy (non-hydrogen) atoms. The molecule has 0 radical (unpaired) electrons. The van der Waals surface area contributed by atoms with E-state index in [0.29, 0.717) is 6.07 Å². The SMILES string of the molecule is CCC(C(=O)O)N(C)C(=O)Nc1cc(F)cc(F)c1. The van der Waals surface area contributed by atoms with Crippen LogP contribution in [0.3, 0.4) is 0 Å². The molecule has 2 amide bonds. The van der Waals surface area contributed by atoms with Gasteiger partial charge >= 0.3 is 12.0 Å². The summed E-state index contributed by atoms with van der Waals surface area (Å²) in [5, 5.41) is 11.1. The van der Waals surface area contributed by atoms with Crippen molar-refractivity contribution in [3.05, 3.63) is 29.8 Å². The number of carbonyl (C=O) groups is 2. The van der Waals surface area contributed by atoms with Crippen LogP contribution in [0.1, 0.15) is 13.3 Å². The Hall–Kier alpha value is -2.18. The third kappa shape index (κ3) is 3.90. The lowest BCUT2D eigenvalue weighted by molar-refractivity contribution is -0.141. The average molecular weight is 272 g/mol. The largest absolute Gasteiger partial charge is 0.480 e. The zero-order valence-corrected chi connectivity index (χ0v) is 10.5. The number of carboxylic acids is 1. The minimum atomic E-state index is -1.15. The lowest BCUT2D eigenvalue weighted by Gasteiger charge is -2.24. The number of nitrogens with zero attached hydrogens (tertiary/aromatic N) is 1. The van der Waals surface area contributed by atoms with E-state index in [-0.39, 0.29) is 12.1 Å². The Balaban J connectivity index is 2.81. The molecule has 0 saturated carbocycles. The standard InChI is InChI=1S/C12H14F2N2O3/c1-3-10(11(17)18)16(2)12(19)15-9-5-7(13)4-8(14)6-9/h4-6,10H,3H2,1-2H3,(H,15,19)(H,17,18). The Labute approximate surface area is 108 Å². The first-order chi connectivity index (χ1) is 8.85. The number of anilines is 1. The fourth-order valence-corrected chi connectivity index (χ4v) is 1.59. The smallest absolute Gasteiger partial charge is 0.326 e. The summed E-state index contributed by atoms with van der Waals surface area (Å²) in [5.41, 5.74) is -0.0745. The van der Waals surface area contributed by atoms with Gasteiger partial charge in [0.25, 0.3) is 0 Å². The van der Waals surface area contributed by atoms with Crippen LogP contribution < -0.4 is 5.32 Å². The van der Waals surface area contributed by atoms with Crippen LogP contribution in [0.2, 0.25) is 0 Å². The van der Waals surface area contributed by atoms with E-state index in [0.717, 1.165) is 17.0 Å². The third-order valence-corrected chi connectivity index (χ3v) is 2.57. The van der Waals surface area contributed by atoms with Crippen molar-refractivity contribution in [2.24, 2.45) is 0 Å².